The standard InChI is InChI=1S/C24H24F3N7O/c1-15-13-28-32-34(15)21-10-7-17(12-20(21)25)29-24-30-23-19(4-2-3-11-33(23)31-24)16-5-8-18(9-6-16)35-14-22(26)27/h5-10,12-13,19,22H,2-4,11,14H2,1H3,(H,29,31)/t19-/m1/s1. The van der Waals surface area contributed by atoms with E-state index in [0.29, 0.717) is 23.1 Å². The summed E-state index contributed by atoms with van der Waals surface area (Å²) in [7, 11) is 0. The molecule has 2 aromatic carbocycles. The molecule has 0 aliphatic carbocycles. The lowest BCUT2D eigenvalue weighted by Gasteiger charge is -2.15. The van der Waals surface area contributed by atoms with Crippen LogP contribution in [0.4, 0.5) is 24.8 Å². The van der Waals surface area contributed by atoms with Crippen molar-refractivity contribution in [3.8, 4) is 11.4 Å². The highest BCUT2D eigenvalue weighted by atomic mass is 19.3. The molecular formula is C24H24F3N7O. The molecule has 0 amide bonds. The molecule has 3 heterocycles. The summed E-state index contributed by atoms with van der Waals surface area (Å²) in [5, 5.41) is 15.4. The van der Waals surface area contributed by atoms with E-state index in [-0.39, 0.29) is 5.92 Å². The van der Waals surface area contributed by atoms with Crippen molar-refractivity contribution in [1.82, 2.24) is 29.8 Å². The third-order valence-corrected chi connectivity index (χ3v) is 5.93. The molecule has 0 radical (unpaired) electrons. The van der Waals surface area contributed by atoms with Crippen LogP contribution in [0.3, 0.4) is 0 Å². The number of halogens is 3. The maximum absolute atomic E-state index is 14.8. The van der Waals surface area contributed by atoms with Crippen molar-refractivity contribution in [1.29, 1.82) is 0 Å². The van der Waals surface area contributed by atoms with Crippen LogP contribution in [0.15, 0.2) is 48.7 Å². The highest BCUT2D eigenvalue weighted by Gasteiger charge is 2.25. The Morgan fingerprint density at radius 1 is 1.14 bits per heavy atom. The fourth-order valence-corrected chi connectivity index (χ4v) is 4.25. The Labute approximate surface area is 199 Å². The molecule has 0 unspecified atom stereocenters. The van der Waals surface area contributed by atoms with E-state index in [1.807, 2.05) is 16.8 Å². The number of hydrogen-bond donors (Lipinski definition) is 1. The number of nitrogens with zero attached hydrogens (tertiary/aromatic N) is 6. The summed E-state index contributed by atoms with van der Waals surface area (Å²) >= 11 is 0. The zero-order valence-electron chi connectivity index (χ0n) is 19.0. The van der Waals surface area contributed by atoms with Gasteiger partial charge in [0.25, 0.3) is 6.43 Å². The number of hydrogen-bond acceptors (Lipinski definition) is 6. The molecular weight excluding hydrogens is 459 g/mol. The predicted octanol–water partition coefficient (Wildman–Crippen LogP) is 5.01. The molecule has 1 aliphatic rings. The Hall–Kier alpha value is -3.89. The van der Waals surface area contributed by atoms with Crippen molar-refractivity contribution in [2.24, 2.45) is 0 Å². The summed E-state index contributed by atoms with van der Waals surface area (Å²) in [6.07, 6.45) is 1.90. The first-order valence-corrected chi connectivity index (χ1v) is 11.4. The van der Waals surface area contributed by atoms with Crippen LogP contribution in [0.25, 0.3) is 5.69 Å². The summed E-state index contributed by atoms with van der Waals surface area (Å²) in [6.45, 7) is 1.90. The lowest BCUT2D eigenvalue weighted by atomic mass is 9.93. The van der Waals surface area contributed by atoms with Crippen molar-refractivity contribution in [3.05, 3.63) is 71.6 Å². The van der Waals surface area contributed by atoms with E-state index in [1.165, 1.54) is 10.7 Å². The number of alkyl halides is 2. The summed E-state index contributed by atoms with van der Waals surface area (Å²) < 4.78 is 48.0. The van der Waals surface area contributed by atoms with E-state index in [9.17, 15) is 13.2 Å². The van der Waals surface area contributed by atoms with Gasteiger partial charge in [0.1, 0.15) is 23.9 Å². The Morgan fingerprint density at radius 2 is 1.97 bits per heavy atom. The average molecular weight is 483 g/mol. The molecule has 0 spiro atoms. The molecule has 1 atom stereocenters. The second-order valence-electron chi connectivity index (χ2n) is 8.41. The van der Waals surface area contributed by atoms with Crippen LogP contribution < -0.4 is 10.1 Å². The molecule has 5 rings (SSSR count). The number of aryl methyl sites for hydroxylation is 2. The van der Waals surface area contributed by atoms with Crippen molar-refractivity contribution in [2.45, 2.75) is 45.1 Å². The van der Waals surface area contributed by atoms with Gasteiger partial charge in [-0.15, -0.1) is 10.2 Å². The van der Waals surface area contributed by atoms with Gasteiger partial charge in [-0.3, -0.25) is 0 Å². The van der Waals surface area contributed by atoms with E-state index in [4.69, 9.17) is 9.72 Å². The molecule has 4 aromatic rings. The van der Waals surface area contributed by atoms with Crippen molar-refractivity contribution >= 4 is 11.6 Å². The van der Waals surface area contributed by atoms with Gasteiger partial charge in [-0.25, -0.2) is 22.5 Å². The molecule has 0 bridgehead atoms. The van der Waals surface area contributed by atoms with Gasteiger partial charge in [0.2, 0.25) is 5.95 Å². The smallest absolute Gasteiger partial charge is 0.272 e. The molecule has 182 valence electrons. The first kappa shape index (κ1) is 22.9. The van der Waals surface area contributed by atoms with E-state index in [1.54, 1.807) is 37.4 Å². The van der Waals surface area contributed by atoms with Gasteiger partial charge in [0, 0.05) is 18.2 Å². The van der Waals surface area contributed by atoms with Gasteiger partial charge >= 0.3 is 0 Å². The topological polar surface area (TPSA) is 82.7 Å². The first-order chi connectivity index (χ1) is 17.0. The van der Waals surface area contributed by atoms with Gasteiger partial charge < -0.3 is 10.1 Å². The van der Waals surface area contributed by atoms with E-state index in [2.05, 4.69) is 20.7 Å². The molecule has 8 nitrogen and oxygen atoms in total. The number of anilines is 2. The number of ether oxygens (including phenoxy) is 1. The van der Waals surface area contributed by atoms with Crippen LogP contribution in [-0.2, 0) is 6.54 Å². The van der Waals surface area contributed by atoms with Crippen LogP contribution >= 0.6 is 0 Å². The number of aromatic nitrogens is 6. The molecule has 11 heteroatoms. The van der Waals surface area contributed by atoms with Gasteiger partial charge in [0.15, 0.2) is 5.82 Å². The minimum absolute atomic E-state index is 0.000832. The summed E-state index contributed by atoms with van der Waals surface area (Å²) in [6, 6.07) is 11.9. The molecule has 0 saturated heterocycles. The number of rotatable bonds is 7. The highest BCUT2D eigenvalue weighted by Crippen LogP contribution is 2.33. The number of fused-ring (bicyclic) bond motifs is 1. The van der Waals surface area contributed by atoms with Gasteiger partial charge in [-0.1, -0.05) is 23.8 Å². The van der Waals surface area contributed by atoms with Crippen LogP contribution in [0.1, 0.15) is 42.3 Å². The molecule has 1 N–H and O–H groups in total. The summed E-state index contributed by atoms with van der Waals surface area (Å²) in [5.41, 5.74) is 2.56. The van der Waals surface area contributed by atoms with E-state index in [0.717, 1.165) is 42.9 Å². The highest BCUT2D eigenvalue weighted by molar-refractivity contribution is 5.56. The Morgan fingerprint density at radius 3 is 2.69 bits per heavy atom. The predicted molar refractivity (Wildman–Crippen MR) is 123 cm³/mol. The van der Waals surface area contributed by atoms with Crippen LogP contribution in [0.5, 0.6) is 5.75 Å². The maximum atomic E-state index is 14.8. The van der Waals surface area contributed by atoms with E-state index >= 15 is 0 Å². The lowest BCUT2D eigenvalue weighted by molar-refractivity contribution is 0.0819. The quantitative estimate of drug-likeness (QED) is 0.398. The summed E-state index contributed by atoms with van der Waals surface area (Å²) in [4.78, 5) is 4.72. The Kier molecular flexibility index (Phi) is 6.39. The Balaban J connectivity index is 1.36. The van der Waals surface area contributed by atoms with Gasteiger partial charge in [0.05, 0.1) is 11.9 Å². The lowest BCUT2D eigenvalue weighted by Crippen LogP contribution is -2.09. The second kappa shape index (κ2) is 9.77. The Bertz CT molecular complexity index is 1300. The number of nitrogens with one attached hydrogen (secondary N) is 1. The fourth-order valence-electron chi connectivity index (χ4n) is 4.25. The molecule has 0 saturated carbocycles. The molecule has 1 aliphatic heterocycles. The molecule has 35 heavy (non-hydrogen) atoms. The third-order valence-electron chi connectivity index (χ3n) is 5.93. The van der Waals surface area contributed by atoms with Crippen LogP contribution in [0, 0.1) is 12.7 Å². The maximum Gasteiger partial charge on any atom is 0.272 e. The van der Waals surface area contributed by atoms with Crippen molar-refractivity contribution < 1.29 is 17.9 Å². The monoisotopic (exact) mass is 483 g/mol. The molecule has 0 fully saturated rings. The van der Waals surface area contributed by atoms with Crippen molar-refractivity contribution in [2.75, 3.05) is 11.9 Å². The normalized spacial score (nSPS) is 15.6. The first-order valence-electron chi connectivity index (χ1n) is 11.4. The minimum Gasteiger partial charge on any atom is -0.488 e. The van der Waals surface area contributed by atoms with Crippen molar-refractivity contribution in [3.63, 3.8) is 0 Å². The van der Waals surface area contributed by atoms with E-state index < -0.39 is 18.8 Å². The average Bonchev–Trinajstić information content (AvgIpc) is 3.39. The second-order valence-corrected chi connectivity index (χ2v) is 8.41. The fraction of sp³-hybridized carbons (Fsp3) is 0.333. The van der Waals surface area contributed by atoms with Gasteiger partial charge in [-0.2, -0.15) is 4.98 Å². The summed E-state index contributed by atoms with van der Waals surface area (Å²) in [5.74, 6) is 1.14. The number of benzene rings is 2. The molecule has 2 aromatic heterocycles. The van der Waals surface area contributed by atoms with Crippen LogP contribution in [-0.4, -0.2) is 42.8 Å². The zero-order valence-corrected chi connectivity index (χ0v) is 19.0. The largest absolute Gasteiger partial charge is 0.488 e. The van der Waals surface area contributed by atoms with Crippen LogP contribution in [0.2, 0.25) is 0 Å². The SMILES string of the molecule is Cc1cnnn1-c1ccc(Nc2nc3n(n2)CCCC[C@@H]3c2ccc(OCC(F)F)cc2)cc1F. The van der Waals surface area contributed by atoms with Gasteiger partial charge in [-0.05, 0) is 55.7 Å². The minimum atomic E-state index is -2.52. The zero-order chi connectivity index (χ0) is 24.4. The third kappa shape index (κ3) is 4.98.